The third kappa shape index (κ3) is 2.73. The van der Waals surface area contributed by atoms with Gasteiger partial charge in [0.05, 0.1) is 12.5 Å². The van der Waals surface area contributed by atoms with E-state index in [1.807, 2.05) is 0 Å². The van der Waals surface area contributed by atoms with E-state index in [2.05, 4.69) is 32.9 Å². The topological polar surface area (TPSA) is 46.5 Å². The van der Waals surface area contributed by atoms with Crippen molar-refractivity contribution in [1.29, 1.82) is 0 Å². The quantitative estimate of drug-likeness (QED) is 0.860. The Labute approximate surface area is 133 Å². The number of hydrogen-bond donors (Lipinski definition) is 1. The van der Waals surface area contributed by atoms with Gasteiger partial charge in [-0.1, -0.05) is 52.2 Å². The summed E-state index contributed by atoms with van der Waals surface area (Å²) in [5.74, 6) is 0.395. The molecule has 0 unspecified atom stereocenters. The van der Waals surface area contributed by atoms with E-state index in [0.717, 1.165) is 48.1 Å². The van der Waals surface area contributed by atoms with Gasteiger partial charge >= 0.3 is 5.97 Å². The Bertz CT molecular complexity index is 540. The maximum absolute atomic E-state index is 12.3. The molecule has 122 valence electrons. The molecule has 1 saturated carbocycles. The highest BCUT2D eigenvalue weighted by Gasteiger charge is 2.45. The smallest absolute Gasteiger partial charge is 0.314 e. The molecule has 0 radical (unpaired) electrons. The molecule has 1 N–H and O–H groups in total. The van der Waals surface area contributed by atoms with Gasteiger partial charge in [-0.15, -0.1) is 0 Å². The van der Waals surface area contributed by atoms with Crippen LogP contribution in [0.2, 0.25) is 0 Å². The molecule has 1 aromatic carbocycles. The lowest BCUT2D eigenvalue weighted by molar-refractivity contribution is -0.145. The fourth-order valence-corrected chi connectivity index (χ4v) is 3.85. The van der Waals surface area contributed by atoms with E-state index in [-0.39, 0.29) is 5.92 Å². The Hall–Kier alpha value is -1.51. The molecular formula is C19H28O3. The first-order valence-electron chi connectivity index (χ1n) is 8.41. The van der Waals surface area contributed by atoms with Crippen LogP contribution in [0.5, 0.6) is 5.75 Å². The highest BCUT2D eigenvalue weighted by atomic mass is 16.5. The zero-order valence-electron chi connectivity index (χ0n) is 14.2. The molecule has 0 spiro atoms. The van der Waals surface area contributed by atoms with Crippen molar-refractivity contribution < 1.29 is 14.6 Å². The lowest BCUT2D eigenvalue weighted by Crippen LogP contribution is -2.39. The van der Waals surface area contributed by atoms with Gasteiger partial charge in [-0.05, 0) is 36.3 Å². The minimum Gasteiger partial charge on any atom is -0.496 e. The van der Waals surface area contributed by atoms with Crippen molar-refractivity contribution in [3.63, 3.8) is 0 Å². The number of aryl methyl sites for hydroxylation is 1. The van der Waals surface area contributed by atoms with Crippen LogP contribution in [0.1, 0.15) is 75.5 Å². The predicted molar refractivity (Wildman–Crippen MR) is 88.9 cm³/mol. The summed E-state index contributed by atoms with van der Waals surface area (Å²) in [7, 11) is 1.67. The molecule has 0 aliphatic heterocycles. The maximum Gasteiger partial charge on any atom is 0.314 e. The molecule has 0 atom stereocenters. The zero-order chi connectivity index (χ0) is 16.3. The van der Waals surface area contributed by atoms with Gasteiger partial charge in [0.15, 0.2) is 0 Å². The van der Waals surface area contributed by atoms with Crippen LogP contribution in [-0.4, -0.2) is 18.2 Å². The number of carboxylic acids is 1. The van der Waals surface area contributed by atoms with Crippen molar-refractivity contribution in [2.24, 2.45) is 0 Å². The van der Waals surface area contributed by atoms with E-state index in [1.54, 1.807) is 7.11 Å². The third-order valence-electron chi connectivity index (χ3n) is 5.07. The van der Waals surface area contributed by atoms with Crippen LogP contribution >= 0.6 is 0 Å². The first-order valence-corrected chi connectivity index (χ1v) is 8.41. The molecule has 2 rings (SSSR count). The van der Waals surface area contributed by atoms with Crippen molar-refractivity contribution in [2.45, 2.75) is 70.6 Å². The van der Waals surface area contributed by atoms with Crippen LogP contribution in [0.25, 0.3) is 0 Å². The molecule has 1 aromatic rings. The monoisotopic (exact) mass is 304 g/mol. The van der Waals surface area contributed by atoms with E-state index in [1.165, 1.54) is 0 Å². The number of ether oxygens (including phenoxy) is 1. The number of rotatable bonds is 5. The first kappa shape index (κ1) is 16.9. The van der Waals surface area contributed by atoms with Gasteiger partial charge in [0.1, 0.15) is 5.75 Å². The summed E-state index contributed by atoms with van der Waals surface area (Å²) >= 11 is 0. The summed E-state index contributed by atoms with van der Waals surface area (Å²) in [6.07, 6.45) is 5.36. The van der Waals surface area contributed by atoms with Crippen molar-refractivity contribution in [3.05, 3.63) is 28.8 Å². The van der Waals surface area contributed by atoms with Crippen molar-refractivity contribution in [2.75, 3.05) is 7.11 Å². The molecular weight excluding hydrogens is 276 g/mol. The lowest BCUT2D eigenvalue weighted by Gasteiger charge is -2.37. The Morgan fingerprint density at radius 2 is 1.91 bits per heavy atom. The second-order valence-corrected chi connectivity index (χ2v) is 6.68. The molecule has 1 aliphatic carbocycles. The van der Waals surface area contributed by atoms with Gasteiger partial charge in [-0.3, -0.25) is 4.79 Å². The van der Waals surface area contributed by atoms with Crippen LogP contribution in [0.15, 0.2) is 12.1 Å². The summed E-state index contributed by atoms with van der Waals surface area (Å²) < 4.78 is 5.72. The molecule has 0 amide bonds. The molecule has 3 heteroatoms. The van der Waals surface area contributed by atoms with Crippen molar-refractivity contribution in [3.8, 4) is 5.75 Å². The minimum atomic E-state index is -0.783. The lowest BCUT2D eigenvalue weighted by atomic mass is 9.66. The Morgan fingerprint density at radius 3 is 2.36 bits per heavy atom. The second kappa shape index (κ2) is 6.72. The number of hydrogen-bond acceptors (Lipinski definition) is 2. The largest absolute Gasteiger partial charge is 0.496 e. The third-order valence-corrected chi connectivity index (χ3v) is 5.07. The standard InChI is InChI=1S/C19H28O3/c1-5-14-9-10-15(13(2)3)16(17(14)22-4)19(18(20)21)11-7-6-8-12-19/h9-10,13H,5-8,11-12H2,1-4H3,(H,20,21). The van der Waals surface area contributed by atoms with Gasteiger partial charge in [-0.25, -0.2) is 0 Å². The summed E-state index contributed by atoms with van der Waals surface area (Å²) in [5.41, 5.74) is 2.39. The number of carbonyl (C=O) groups is 1. The van der Waals surface area contributed by atoms with Crippen LogP contribution in [0, 0.1) is 0 Å². The maximum atomic E-state index is 12.3. The number of carboxylic acid groups (broad SMARTS) is 1. The Morgan fingerprint density at radius 1 is 1.27 bits per heavy atom. The zero-order valence-corrected chi connectivity index (χ0v) is 14.2. The van der Waals surface area contributed by atoms with Gasteiger partial charge in [0.2, 0.25) is 0 Å². The predicted octanol–water partition coefficient (Wildman–Crippen LogP) is 4.67. The van der Waals surface area contributed by atoms with Crippen molar-refractivity contribution >= 4 is 5.97 Å². The SMILES string of the molecule is CCc1ccc(C(C)C)c(C2(C(=O)O)CCCCC2)c1OC. The highest BCUT2D eigenvalue weighted by molar-refractivity contribution is 5.84. The average molecular weight is 304 g/mol. The van der Waals surface area contributed by atoms with E-state index in [9.17, 15) is 9.90 Å². The van der Waals surface area contributed by atoms with Gasteiger partial charge in [0.25, 0.3) is 0 Å². The average Bonchev–Trinajstić information content (AvgIpc) is 2.53. The molecule has 0 aromatic heterocycles. The Balaban J connectivity index is 2.76. The summed E-state index contributed by atoms with van der Waals surface area (Å²) in [6, 6.07) is 4.21. The van der Waals surface area contributed by atoms with Crippen LogP contribution < -0.4 is 4.74 Å². The van der Waals surface area contributed by atoms with E-state index in [0.29, 0.717) is 12.8 Å². The van der Waals surface area contributed by atoms with E-state index < -0.39 is 11.4 Å². The van der Waals surface area contributed by atoms with Crippen LogP contribution in [0.3, 0.4) is 0 Å². The molecule has 0 bridgehead atoms. The summed E-state index contributed by atoms with van der Waals surface area (Å²) in [6.45, 7) is 6.34. The molecule has 0 heterocycles. The van der Waals surface area contributed by atoms with E-state index in [4.69, 9.17) is 4.74 Å². The minimum absolute atomic E-state index is 0.285. The molecule has 0 saturated heterocycles. The van der Waals surface area contributed by atoms with Crippen LogP contribution in [0.4, 0.5) is 0 Å². The highest BCUT2D eigenvalue weighted by Crippen LogP contribution is 2.48. The van der Waals surface area contributed by atoms with Gasteiger partial charge < -0.3 is 9.84 Å². The molecule has 1 fully saturated rings. The fourth-order valence-electron chi connectivity index (χ4n) is 3.85. The fraction of sp³-hybridized carbons (Fsp3) is 0.632. The van der Waals surface area contributed by atoms with Gasteiger partial charge in [-0.2, -0.15) is 0 Å². The number of benzene rings is 1. The normalized spacial score (nSPS) is 17.5. The number of aliphatic carboxylic acids is 1. The van der Waals surface area contributed by atoms with E-state index >= 15 is 0 Å². The summed E-state index contributed by atoms with van der Waals surface area (Å²) in [5, 5.41) is 10.1. The molecule has 22 heavy (non-hydrogen) atoms. The molecule has 1 aliphatic rings. The summed E-state index contributed by atoms with van der Waals surface area (Å²) in [4.78, 5) is 12.3. The first-order chi connectivity index (χ1) is 10.5. The second-order valence-electron chi connectivity index (χ2n) is 6.68. The van der Waals surface area contributed by atoms with Gasteiger partial charge in [0, 0.05) is 5.56 Å². The van der Waals surface area contributed by atoms with Crippen molar-refractivity contribution in [1.82, 2.24) is 0 Å². The Kier molecular flexibility index (Phi) is 5.15. The number of methoxy groups -OCH3 is 1. The van der Waals surface area contributed by atoms with Crippen LogP contribution in [-0.2, 0) is 16.6 Å². The molecule has 3 nitrogen and oxygen atoms in total.